The van der Waals surface area contributed by atoms with Crippen molar-refractivity contribution in [2.45, 2.75) is 63.4 Å². The van der Waals surface area contributed by atoms with Crippen LogP contribution < -0.4 is 0 Å². The lowest BCUT2D eigenvalue weighted by Crippen LogP contribution is -2.29. The molecule has 0 heterocycles. The Morgan fingerprint density at radius 2 is 1.69 bits per heavy atom. The first-order chi connectivity index (χ1) is 14.0. The smallest absolute Gasteiger partial charge is 0.309 e. The molecule has 1 aromatic rings. The molecule has 0 atom stereocenters. The van der Waals surface area contributed by atoms with E-state index >= 15 is 0 Å². The Hall–Kier alpha value is -2.48. The Bertz CT molecular complexity index is 778. The summed E-state index contributed by atoms with van der Waals surface area (Å²) in [7, 11) is 0. The Morgan fingerprint density at radius 3 is 2.31 bits per heavy atom. The van der Waals surface area contributed by atoms with E-state index in [0.717, 1.165) is 56.9 Å². The van der Waals surface area contributed by atoms with Gasteiger partial charge < -0.3 is 4.74 Å². The van der Waals surface area contributed by atoms with E-state index in [1.807, 2.05) is 18.2 Å². The van der Waals surface area contributed by atoms with Crippen molar-refractivity contribution in [1.29, 1.82) is 5.26 Å². The van der Waals surface area contributed by atoms with E-state index in [4.69, 9.17) is 10.00 Å². The van der Waals surface area contributed by atoms with Crippen LogP contribution in [0.3, 0.4) is 0 Å². The van der Waals surface area contributed by atoms with Crippen molar-refractivity contribution in [3.8, 4) is 6.07 Å². The van der Waals surface area contributed by atoms with E-state index in [9.17, 15) is 13.6 Å². The van der Waals surface area contributed by atoms with Crippen molar-refractivity contribution < 1.29 is 18.3 Å². The maximum Gasteiger partial charge on any atom is 0.309 e. The van der Waals surface area contributed by atoms with Crippen molar-refractivity contribution in [3.05, 3.63) is 59.7 Å². The lowest BCUT2D eigenvalue weighted by Gasteiger charge is -2.31. The summed E-state index contributed by atoms with van der Waals surface area (Å²) < 4.78 is 31.6. The molecule has 0 amide bonds. The summed E-state index contributed by atoms with van der Waals surface area (Å²) in [6.45, 7) is 0. The topological polar surface area (TPSA) is 50.1 Å². The second kappa shape index (κ2) is 10.3. The van der Waals surface area contributed by atoms with Gasteiger partial charge in [0.1, 0.15) is 18.0 Å². The SMILES string of the molecule is N#CC(F)=CC=CC1CCC(OC(=O)C2CCC(c3ccc(F)cc3)CC2)CC1. The Kier molecular flexibility index (Phi) is 7.57. The Balaban J connectivity index is 1.39. The minimum absolute atomic E-state index is 0.0339. The van der Waals surface area contributed by atoms with Gasteiger partial charge in [0, 0.05) is 0 Å². The van der Waals surface area contributed by atoms with Gasteiger partial charge in [-0.2, -0.15) is 9.65 Å². The van der Waals surface area contributed by atoms with Crippen LogP contribution in [0.4, 0.5) is 8.78 Å². The van der Waals surface area contributed by atoms with Gasteiger partial charge in [0.25, 0.3) is 0 Å². The van der Waals surface area contributed by atoms with Crippen LogP contribution in [0.15, 0.2) is 48.3 Å². The van der Waals surface area contributed by atoms with Gasteiger partial charge in [-0.1, -0.05) is 24.3 Å². The lowest BCUT2D eigenvalue weighted by molar-refractivity contribution is -0.157. The summed E-state index contributed by atoms with van der Waals surface area (Å²) in [6, 6.07) is 8.13. The van der Waals surface area contributed by atoms with Crippen molar-refractivity contribution in [3.63, 3.8) is 0 Å². The summed E-state index contributed by atoms with van der Waals surface area (Å²) >= 11 is 0. The molecule has 2 fully saturated rings. The fraction of sp³-hybridized carbons (Fsp3) is 0.500. The molecule has 154 valence electrons. The molecule has 3 nitrogen and oxygen atoms in total. The monoisotopic (exact) mass is 399 g/mol. The van der Waals surface area contributed by atoms with Gasteiger partial charge in [-0.15, -0.1) is 0 Å². The molecule has 0 bridgehead atoms. The fourth-order valence-corrected chi connectivity index (χ4v) is 4.39. The number of allylic oxidation sites excluding steroid dienone is 4. The van der Waals surface area contributed by atoms with E-state index in [1.165, 1.54) is 24.3 Å². The molecule has 0 aliphatic heterocycles. The quantitative estimate of drug-likeness (QED) is 0.340. The van der Waals surface area contributed by atoms with Gasteiger partial charge in [-0.25, -0.2) is 4.39 Å². The molecule has 0 saturated heterocycles. The van der Waals surface area contributed by atoms with Crippen molar-refractivity contribution in [2.75, 3.05) is 0 Å². The van der Waals surface area contributed by atoms with Crippen molar-refractivity contribution in [1.82, 2.24) is 0 Å². The summed E-state index contributed by atoms with van der Waals surface area (Å²) in [4.78, 5) is 12.5. The normalized spacial score (nSPS) is 28.1. The van der Waals surface area contributed by atoms with Crippen LogP contribution in [0.1, 0.15) is 62.8 Å². The van der Waals surface area contributed by atoms with Gasteiger partial charge in [0.2, 0.25) is 0 Å². The van der Waals surface area contributed by atoms with Crippen LogP contribution in [-0.2, 0) is 9.53 Å². The largest absolute Gasteiger partial charge is 0.462 e. The van der Waals surface area contributed by atoms with E-state index in [1.54, 1.807) is 6.08 Å². The molecule has 0 unspecified atom stereocenters. The maximum atomic E-state index is 13.1. The number of halogens is 2. The second-order valence-electron chi connectivity index (χ2n) is 8.09. The highest BCUT2D eigenvalue weighted by atomic mass is 19.1. The highest BCUT2D eigenvalue weighted by Crippen LogP contribution is 2.37. The number of nitrogens with zero attached hydrogens (tertiary/aromatic N) is 1. The Labute approximate surface area is 171 Å². The zero-order valence-corrected chi connectivity index (χ0v) is 16.5. The third-order valence-corrected chi connectivity index (χ3v) is 6.14. The summed E-state index contributed by atoms with van der Waals surface area (Å²) in [5.74, 6) is -0.412. The summed E-state index contributed by atoms with van der Waals surface area (Å²) in [5, 5.41) is 8.39. The number of hydrogen-bond acceptors (Lipinski definition) is 3. The van der Waals surface area contributed by atoms with Gasteiger partial charge in [0.15, 0.2) is 5.83 Å². The number of carbonyl (C=O) groups excluding carboxylic acids is 1. The molecule has 0 aromatic heterocycles. The molecule has 1 aromatic carbocycles. The number of ether oxygens (including phenoxy) is 1. The van der Waals surface area contributed by atoms with Gasteiger partial charge in [-0.3, -0.25) is 4.79 Å². The number of rotatable bonds is 5. The van der Waals surface area contributed by atoms with Crippen LogP contribution >= 0.6 is 0 Å². The third kappa shape index (κ3) is 6.25. The first-order valence-corrected chi connectivity index (χ1v) is 10.4. The predicted molar refractivity (Wildman–Crippen MR) is 107 cm³/mol. The predicted octanol–water partition coefficient (Wildman–Crippen LogP) is 6.13. The summed E-state index contributed by atoms with van der Waals surface area (Å²) in [6.07, 6.45) is 11.6. The molecule has 2 aliphatic carbocycles. The van der Waals surface area contributed by atoms with Gasteiger partial charge >= 0.3 is 5.97 Å². The van der Waals surface area contributed by atoms with Crippen LogP contribution in [0.25, 0.3) is 0 Å². The molecule has 2 saturated carbocycles. The Morgan fingerprint density at radius 1 is 1.03 bits per heavy atom. The standard InChI is InChI=1S/C24H27F2NO2/c25-21-12-10-19(11-13-21)18-6-8-20(9-7-18)24(28)29-23-14-4-17(5-15-23)2-1-3-22(26)16-27/h1-3,10-13,17-18,20,23H,4-9,14-15H2. The van der Waals surface area contributed by atoms with Crippen LogP contribution in [0, 0.1) is 29.0 Å². The number of carbonyl (C=O) groups is 1. The number of esters is 1. The average Bonchev–Trinajstić information content (AvgIpc) is 2.75. The molecule has 0 spiro atoms. The lowest BCUT2D eigenvalue weighted by atomic mass is 9.78. The molecule has 5 heteroatoms. The van der Waals surface area contributed by atoms with E-state index in [0.29, 0.717) is 11.8 Å². The van der Waals surface area contributed by atoms with E-state index < -0.39 is 5.83 Å². The average molecular weight is 399 g/mol. The maximum absolute atomic E-state index is 13.1. The fourth-order valence-electron chi connectivity index (χ4n) is 4.39. The van der Waals surface area contributed by atoms with Crippen LogP contribution in [0.2, 0.25) is 0 Å². The first kappa shape index (κ1) is 21.2. The summed E-state index contributed by atoms with van der Waals surface area (Å²) in [5.41, 5.74) is 1.15. The molecule has 0 radical (unpaired) electrons. The first-order valence-electron chi connectivity index (χ1n) is 10.4. The number of hydrogen-bond donors (Lipinski definition) is 0. The van der Waals surface area contributed by atoms with Crippen LogP contribution in [-0.4, -0.2) is 12.1 Å². The van der Waals surface area contributed by atoms with Gasteiger partial charge in [-0.05, 0) is 87.0 Å². The molecular formula is C24H27F2NO2. The highest BCUT2D eigenvalue weighted by molar-refractivity contribution is 5.72. The number of nitriles is 1. The zero-order valence-electron chi connectivity index (χ0n) is 16.5. The third-order valence-electron chi connectivity index (χ3n) is 6.14. The van der Waals surface area contributed by atoms with Crippen LogP contribution in [0.5, 0.6) is 0 Å². The molecule has 2 aliphatic rings. The molecule has 3 rings (SSSR count). The van der Waals surface area contributed by atoms with Crippen molar-refractivity contribution in [2.24, 2.45) is 11.8 Å². The van der Waals surface area contributed by atoms with E-state index in [2.05, 4.69) is 0 Å². The molecular weight excluding hydrogens is 372 g/mol. The van der Waals surface area contributed by atoms with E-state index in [-0.39, 0.29) is 23.8 Å². The minimum atomic E-state index is -0.794. The second-order valence-corrected chi connectivity index (χ2v) is 8.09. The molecule has 0 N–H and O–H groups in total. The zero-order chi connectivity index (χ0) is 20.6. The number of benzene rings is 1. The highest BCUT2D eigenvalue weighted by Gasteiger charge is 2.30. The minimum Gasteiger partial charge on any atom is -0.462 e. The van der Waals surface area contributed by atoms with Crippen molar-refractivity contribution >= 4 is 5.97 Å². The molecule has 29 heavy (non-hydrogen) atoms. The van der Waals surface area contributed by atoms with Gasteiger partial charge in [0.05, 0.1) is 5.92 Å².